The molecule has 0 aliphatic rings. The van der Waals surface area contributed by atoms with Crippen LogP contribution < -0.4 is 5.32 Å². The number of thiophene rings is 1. The number of nitrogens with one attached hydrogen (secondary N) is 1. The van der Waals surface area contributed by atoms with E-state index in [-0.39, 0.29) is 10.7 Å². The molecular weight excluding hydrogens is 368 g/mol. The average Bonchev–Trinajstić information content (AvgIpc) is 2.78. The minimum absolute atomic E-state index is 0.0426. The lowest BCUT2D eigenvalue weighted by atomic mass is 10.2. The van der Waals surface area contributed by atoms with Gasteiger partial charge in [-0.1, -0.05) is 40.9 Å². The van der Waals surface area contributed by atoms with Crippen LogP contribution in [0, 0.1) is 5.82 Å². The van der Waals surface area contributed by atoms with Crippen molar-refractivity contribution in [3.8, 4) is 0 Å². The molecule has 1 aromatic heterocycles. The van der Waals surface area contributed by atoms with Gasteiger partial charge >= 0.3 is 0 Å². The van der Waals surface area contributed by atoms with E-state index in [0.717, 1.165) is 16.2 Å². The van der Waals surface area contributed by atoms with Gasteiger partial charge in [-0.05, 0) is 30.3 Å². The first-order chi connectivity index (χ1) is 10.5. The van der Waals surface area contributed by atoms with Gasteiger partial charge in [-0.25, -0.2) is 4.39 Å². The lowest BCUT2D eigenvalue weighted by molar-refractivity contribution is 0.103. The van der Waals surface area contributed by atoms with Crippen LogP contribution in [0.15, 0.2) is 36.4 Å². The number of hydrogen-bond acceptors (Lipinski definition) is 2. The Hall–Kier alpha value is -1.33. The zero-order chi connectivity index (χ0) is 15.9. The van der Waals surface area contributed by atoms with Crippen molar-refractivity contribution in [2.24, 2.45) is 0 Å². The maximum absolute atomic E-state index is 13.7. The number of carbonyl (C=O) groups excluding carboxylic acids is 1. The molecule has 0 spiro atoms. The highest BCUT2D eigenvalue weighted by Gasteiger charge is 2.18. The number of carbonyl (C=O) groups is 1. The zero-order valence-corrected chi connectivity index (χ0v) is 13.9. The van der Waals surface area contributed by atoms with Gasteiger partial charge in [0.05, 0.1) is 10.7 Å². The Labute approximate surface area is 144 Å². The summed E-state index contributed by atoms with van der Waals surface area (Å²) in [5, 5.41) is 4.36. The van der Waals surface area contributed by atoms with Crippen LogP contribution >= 0.6 is 46.1 Å². The summed E-state index contributed by atoms with van der Waals surface area (Å²) in [4.78, 5) is 12.6. The fourth-order valence-electron chi connectivity index (χ4n) is 1.95. The third kappa shape index (κ3) is 2.92. The van der Waals surface area contributed by atoms with Gasteiger partial charge in [0.1, 0.15) is 10.7 Å². The van der Waals surface area contributed by atoms with Crippen LogP contribution in [0.3, 0.4) is 0 Å². The summed E-state index contributed by atoms with van der Waals surface area (Å²) in [6.45, 7) is 0. The van der Waals surface area contributed by atoms with Crippen LogP contribution in [0.5, 0.6) is 0 Å². The van der Waals surface area contributed by atoms with Gasteiger partial charge in [-0.2, -0.15) is 0 Å². The van der Waals surface area contributed by atoms with Crippen LogP contribution in [0.2, 0.25) is 15.1 Å². The normalized spacial score (nSPS) is 10.9. The Bertz CT molecular complexity index is 894. The molecule has 0 aliphatic heterocycles. The molecular formula is C15H7Cl3FNOS. The predicted molar refractivity (Wildman–Crippen MR) is 91.2 cm³/mol. The number of amides is 1. The fourth-order valence-corrected chi connectivity index (χ4v) is 3.80. The third-order valence-electron chi connectivity index (χ3n) is 2.98. The summed E-state index contributed by atoms with van der Waals surface area (Å²) in [5.41, 5.74) is 0.0426. The van der Waals surface area contributed by atoms with Gasteiger partial charge in [0.2, 0.25) is 0 Å². The quantitative estimate of drug-likeness (QED) is 0.564. The van der Waals surface area contributed by atoms with Gasteiger partial charge in [0.25, 0.3) is 5.91 Å². The average molecular weight is 375 g/mol. The molecule has 2 aromatic carbocycles. The van der Waals surface area contributed by atoms with Crippen molar-refractivity contribution in [1.82, 2.24) is 0 Å². The second-order valence-electron chi connectivity index (χ2n) is 4.46. The standard InChI is InChI=1S/C15H7Cl3FNOS/c16-7-2-4-11(10(19)5-7)20-15(21)14-13(18)9-3-1-8(17)6-12(9)22-14/h1-6H,(H,20,21). The third-order valence-corrected chi connectivity index (χ3v) is 5.10. The molecule has 1 heterocycles. The lowest BCUT2D eigenvalue weighted by Gasteiger charge is -2.05. The van der Waals surface area contributed by atoms with Gasteiger partial charge in [-0.3, -0.25) is 4.79 Å². The highest BCUT2D eigenvalue weighted by Crippen LogP contribution is 2.37. The number of benzene rings is 2. The fraction of sp³-hybridized carbons (Fsp3) is 0. The molecule has 1 amide bonds. The number of halogens is 4. The van der Waals surface area contributed by atoms with Crippen molar-refractivity contribution in [1.29, 1.82) is 0 Å². The molecule has 0 fully saturated rings. The summed E-state index contributed by atoms with van der Waals surface area (Å²) >= 11 is 19.0. The van der Waals surface area contributed by atoms with E-state index < -0.39 is 11.7 Å². The van der Waals surface area contributed by atoms with Crippen molar-refractivity contribution < 1.29 is 9.18 Å². The van der Waals surface area contributed by atoms with Crippen LogP contribution in [0.4, 0.5) is 10.1 Å². The largest absolute Gasteiger partial charge is 0.319 e. The van der Waals surface area contributed by atoms with Gasteiger partial charge in [-0.15, -0.1) is 11.3 Å². The van der Waals surface area contributed by atoms with Crippen LogP contribution in [-0.2, 0) is 0 Å². The molecule has 7 heteroatoms. The first kappa shape index (κ1) is 15.6. The first-order valence-corrected chi connectivity index (χ1v) is 8.04. The summed E-state index contributed by atoms with van der Waals surface area (Å²) in [6, 6.07) is 9.19. The molecule has 22 heavy (non-hydrogen) atoms. The molecule has 0 bridgehead atoms. The summed E-state index contributed by atoms with van der Waals surface area (Å²) in [5.74, 6) is -1.09. The van der Waals surface area contributed by atoms with E-state index in [1.807, 2.05) is 0 Å². The maximum Gasteiger partial charge on any atom is 0.267 e. The minimum atomic E-state index is -0.610. The summed E-state index contributed by atoms with van der Waals surface area (Å²) in [7, 11) is 0. The van der Waals surface area contributed by atoms with Gasteiger partial charge in [0.15, 0.2) is 0 Å². The monoisotopic (exact) mass is 373 g/mol. The number of hydrogen-bond donors (Lipinski definition) is 1. The van der Waals surface area contributed by atoms with E-state index in [1.54, 1.807) is 18.2 Å². The molecule has 0 saturated heterocycles. The second-order valence-corrected chi connectivity index (χ2v) is 6.77. The highest BCUT2D eigenvalue weighted by molar-refractivity contribution is 7.21. The minimum Gasteiger partial charge on any atom is -0.319 e. The maximum atomic E-state index is 13.7. The Morgan fingerprint density at radius 1 is 1.05 bits per heavy atom. The smallest absolute Gasteiger partial charge is 0.267 e. The van der Waals surface area contributed by atoms with E-state index in [1.165, 1.54) is 23.5 Å². The molecule has 0 aliphatic carbocycles. The molecule has 2 nitrogen and oxygen atoms in total. The van der Waals surface area contributed by atoms with E-state index in [4.69, 9.17) is 34.8 Å². The van der Waals surface area contributed by atoms with Crippen molar-refractivity contribution in [2.45, 2.75) is 0 Å². The van der Waals surface area contributed by atoms with E-state index >= 15 is 0 Å². The van der Waals surface area contributed by atoms with Gasteiger partial charge in [0, 0.05) is 20.1 Å². The molecule has 3 rings (SSSR count). The molecule has 0 saturated carbocycles. The van der Waals surface area contributed by atoms with E-state index in [2.05, 4.69) is 5.32 Å². The second kappa shape index (κ2) is 6.05. The van der Waals surface area contributed by atoms with Crippen LogP contribution in [-0.4, -0.2) is 5.91 Å². The first-order valence-electron chi connectivity index (χ1n) is 6.09. The predicted octanol–water partition coefficient (Wildman–Crippen LogP) is 6.25. The summed E-state index contributed by atoms with van der Waals surface area (Å²) < 4.78 is 14.5. The zero-order valence-electron chi connectivity index (χ0n) is 10.8. The van der Waals surface area contributed by atoms with Crippen LogP contribution in [0.25, 0.3) is 10.1 Å². The SMILES string of the molecule is O=C(Nc1ccc(Cl)cc1F)c1sc2cc(Cl)ccc2c1Cl. The molecule has 0 radical (unpaired) electrons. The topological polar surface area (TPSA) is 29.1 Å². The summed E-state index contributed by atoms with van der Waals surface area (Å²) in [6.07, 6.45) is 0. The molecule has 0 unspecified atom stereocenters. The Balaban J connectivity index is 1.97. The number of anilines is 1. The molecule has 1 N–H and O–H groups in total. The van der Waals surface area contributed by atoms with Crippen molar-refractivity contribution in [2.75, 3.05) is 5.32 Å². The van der Waals surface area contributed by atoms with Crippen molar-refractivity contribution in [3.05, 3.63) is 62.2 Å². The van der Waals surface area contributed by atoms with Gasteiger partial charge < -0.3 is 5.32 Å². The Kier molecular flexibility index (Phi) is 4.28. The Morgan fingerprint density at radius 3 is 2.45 bits per heavy atom. The van der Waals surface area contributed by atoms with E-state index in [9.17, 15) is 9.18 Å². The molecule has 0 atom stereocenters. The van der Waals surface area contributed by atoms with Crippen molar-refractivity contribution >= 4 is 67.8 Å². The van der Waals surface area contributed by atoms with Crippen molar-refractivity contribution in [3.63, 3.8) is 0 Å². The molecule has 112 valence electrons. The highest BCUT2D eigenvalue weighted by atomic mass is 35.5. The number of rotatable bonds is 2. The lowest BCUT2D eigenvalue weighted by Crippen LogP contribution is -2.11. The molecule has 3 aromatic rings. The van der Waals surface area contributed by atoms with E-state index in [0.29, 0.717) is 14.9 Å². The Morgan fingerprint density at radius 2 is 1.73 bits per heavy atom. The van der Waals surface area contributed by atoms with Crippen LogP contribution in [0.1, 0.15) is 9.67 Å². The number of fused-ring (bicyclic) bond motifs is 1.